The topological polar surface area (TPSA) is 74.9 Å². The van der Waals surface area contributed by atoms with Crippen molar-refractivity contribution in [2.45, 2.75) is 32.2 Å². The lowest BCUT2D eigenvalue weighted by Crippen LogP contribution is -2.24. The van der Waals surface area contributed by atoms with Crippen LogP contribution in [-0.4, -0.2) is 10.5 Å². The van der Waals surface area contributed by atoms with E-state index >= 15 is 0 Å². The van der Waals surface area contributed by atoms with Crippen LogP contribution < -0.4 is 10.2 Å². The van der Waals surface area contributed by atoms with Crippen LogP contribution in [0.2, 0.25) is 0 Å². The Balaban J connectivity index is 1.61. The monoisotopic (exact) mass is 369 g/mol. The molecule has 1 aliphatic carbocycles. The van der Waals surface area contributed by atoms with Crippen LogP contribution in [0.5, 0.6) is 0 Å². The lowest BCUT2D eigenvalue weighted by Gasteiger charge is -2.09. The summed E-state index contributed by atoms with van der Waals surface area (Å²) in [5.41, 5.74) is 2.45. The highest BCUT2D eigenvalue weighted by molar-refractivity contribution is 7.17. The van der Waals surface area contributed by atoms with Crippen LogP contribution in [0.15, 0.2) is 29.1 Å². The molecule has 0 radical (unpaired) electrons. The second-order valence-electron chi connectivity index (χ2n) is 6.00. The van der Waals surface area contributed by atoms with E-state index in [1.165, 1.54) is 20.8 Å². The summed E-state index contributed by atoms with van der Waals surface area (Å²) in [4.78, 5) is 25.7. The summed E-state index contributed by atoms with van der Waals surface area (Å²) in [5.74, 6) is -0.277. The summed E-state index contributed by atoms with van der Waals surface area (Å²) < 4.78 is 2.35. The van der Waals surface area contributed by atoms with Crippen LogP contribution in [0.25, 0.3) is 10.2 Å². The minimum Gasteiger partial charge on any atom is -0.315 e. The first-order valence-electron chi connectivity index (χ1n) is 8.10. The Morgan fingerprint density at radius 2 is 2.04 bits per heavy atom. The van der Waals surface area contributed by atoms with E-state index in [4.69, 9.17) is 0 Å². The van der Waals surface area contributed by atoms with Crippen LogP contribution in [0, 0.1) is 11.3 Å². The molecule has 0 spiro atoms. The molecule has 1 aromatic carbocycles. The van der Waals surface area contributed by atoms with Crippen LogP contribution in [0.4, 0.5) is 5.00 Å². The Labute approximate surface area is 152 Å². The fourth-order valence-corrected chi connectivity index (χ4v) is 5.39. The Morgan fingerprint density at radius 3 is 2.88 bits per heavy atom. The quantitative estimate of drug-likeness (QED) is 0.768. The zero-order valence-electron chi connectivity index (χ0n) is 13.4. The number of fused-ring (bicyclic) bond motifs is 2. The van der Waals surface area contributed by atoms with E-state index in [1.54, 1.807) is 0 Å². The zero-order chi connectivity index (χ0) is 17.4. The number of thiazole rings is 1. The molecule has 126 valence electrons. The van der Waals surface area contributed by atoms with Crippen molar-refractivity contribution in [1.29, 1.82) is 5.26 Å². The molecule has 0 saturated carbocycles. The number of aryl methyl sites for hydroxylation is 1. The molecule has 0 atom stereocenters. The highest BCUT2D eigenvalue weighted by atomic mass is 32.1. The van der Waals surface area contributed by atoms with Gasteiger partial charge in [0.1, 0.15) is 17.6 Å². The molecule has 1 N–H and O–H groups in total. The van der Waals surface area contributed by atoms with Crippen molar-refractivity contribution in [3.8, 4) is 6.07 Å². The van der Waals surface area contributed by atoms with Crippen molar-refractivity contribution in [2.75, 3.05) is 5.32 Å². The Morgan fingerprint density at radius 1 is 1.24 bits per heavy atom. The summed E-state index contributed by atoms with van der Waals surface area (Å²) in [6, 6.07) is 9.67. The van der Waals surface area contributed by atoms with E-state index in [9.17, 15) is 14.9 Å². The molecule has 0 unspecified atom stereocenters. The molecule has 0 aliphatic heterocycles. The third-order valence-electron chi connectivity index (χ3n) is 4.41. The Kier molecular flexibility index (Phi) is 4.15. The van der Waals surface area contributed by atoms with Crippen molar-refractivity contribution in [1.82, 2.24) is 4.57 Å². The standard InChI is InChI=1S/C18H15N3O2S2/c19-9-12-11-5-1-3-7-14(11)24-17(12)20-16(22)10-21-13-6-2-4-8-15(13)25-18(21)23/h2,4,6,8H,1,3,5,7,10H2,(H,20,22). The SMILES string of the molecule is N#Cc1c(NC(=O)Cn2c(=O)sc3ccccc32)sc2c1CCCC2. The molecule has 0 fully saturated rings. The predicted octanol–water partition coefficient (Wildman–Crippen LogP) is 3.51. The first-order valence-corrected chi connectivity index (χ1v) is 9.73. The van der Waals surface area contributed by atoms with E-state index < -0.39 is 0 Å². The minimum atomic E-state index is -0.277. The lowest BCUT2D eigenvalue weighted by atomic mass is 9.96. The van der Waals surface area contributed by atoms with Crippen LogP contribution in [0.3, 0.4) is 0 Å². The van der Waals surface area contributed by atoms with E-state index in [1.807, 2.05) is 24.3 Å². The molecule has 0 bridgehead atoms. The molecular weight excluding hydrogens is 354 g/mol. The van der Waals surface area contributed by atoms with Gasteiger partial charge in [-0.2, -0.15) is 5.26 Å². The lowest BCUT2D eigenvalue weighted by molar-refractivity contribution is -0.116. The third-order valence-corrected chi connectivity index (χ3v) is 6.58. The summed E-state index contributed by atoms with van der Waals surface area (Å²) >= 11 is 2.63. The number of nitrogens with zero attached hydrogens (tertiary/aromatic N) is 2. The van der Waals surface area contributed by atoms with Gasteiger partial charge in [-0.05, 0) is 43.4 Å². The maximum Gasteiger partial charge on any atom is 0.308 e. The Hall–Kier alpha value is -2.43. The number of amides is 1. The first-order chi connectivity index (χ1) is 12.2. The molecule has 1 amide bonds. The van der Waals surface area contributed by atoms with E-state index in [2.05, 4.69) is 11.4 Å². The molecule has 7 heteroatoms. The average molecular weight is 369 g/mol. The van der Waals surface area contributed by atoms with Gasteiger partial charge in [0, 0.05) is 4.88 Å². The maximum atomic E-state index is 12.5. The van der Waals surface area contributed by atoms with Gasteiger partial charge in [-0.3, -0.25) is 14.2 Å². The van der Waals surface area contributed by atoms with Gasteiger partial charge in [0.15, 0.2) is 0 Å². The molecule has 0 saturated heterocycles. The summed E-state index contributed by atoms with van der Waals surface area (Å²) in [6.45, 7) is -0.0454. The highest BCUT2D eigenvalue weighted by Gasteiger charge is 2.22. The van der Waals surface area contributed by atoms with E-state index in [-0.39, 0.29) is 17.3 Å². The van der Waals surface area contributed by atoms with Crippen molar-refractivity contribution in [3.05, 3.63) is 49.9 Å². The zero-order valence-corrected chi connectivity index (χ0v) is 15.0. The maximum absolute atomic E-state index is 12.5. The van der Waals surface area contributed by atoms with Crippen LogP contribution in [0.1, 0.15) is 28.8 Å². The number of thiophene rings is 1. The molecule has 5 nitrogen and oxygen atoms in total. The average Bonchev–Trinajstić information content (AvgIpc) is 3.12. The number of nitrogens with one attached hydrogen (secondary N) is 1. The summed E-state index contributed by atoms with van der Waals surface area (Å²) in [7, 11) is 0. The van der Waals surface area contributed by atoms with E-state index in [0.29, 0.717) is 10.6 Å². The number of rotatable bonds is 3. The first kappa shape index (κ1) is 16.1. The van der Waals surface area contributed by atoms with Gasteiger partial charge in [0.05, 0.1) is 15.8 Å². The number of para-hydroxylation sites is 1. The van der Waals surface area contributed by atoms with Crippen LogP contribution >= 0.6 is 22.7 Å². The molecule has 1 aliphatic rings. The molecule has 2 heterocycles. The smallest absolute Gasteiger partial charge is 0.308 e. The van der Waals surface area contributed by atoms with Crippen molar-refractivity contribution in [2.24, 2.45) is 0 Å². The van der Waals surface area contributed by atoms with Gasteiger partial charge < -0.3 is 5.32 Å². The van der Waals surface area contributed by atoms with Gasteiger partial charge >= 0.3 is 4.87 Å². The predicted molar refractivity (Wildman–Crippen MR) is 100 cm³/mol. The number of carbonyl (C=O) groups is 1. The van der Waals surface area contributed by atoms with Crippen molar-refractivity contribution < 1.29 is 4.79 Å². The van der Waals surface area contributed by atoms with Gasteiger partial charge in [0.2, 0.25) is 5.91 Å². The number of nitriles is 1. The second-order valence-corrected chi connectivity index (χ2v) is 8.10. The Bertz CT molecular complexity index is 1070. The van der Waals surface area contributed by atoms with Gasteiger partial charge in [0.25, 0.3) is 0 Å². The van der Waals surface area contributed by atoms with Crippen LogP contribution in [-0.2, 0) is 24.2 Å². The van der Waals surface area contributed by atoms with Gasteiger partial charge in [-0.25, -0.2) is 0 Å². The van der Waals surface area contributed by atoms with Crippen molar-refractivity contribution >= 4 is 43.8 Å². The number of anilines is 1. The van der Waals surface area contributed by atoms with Gasteiger partial charge in [-0.15, -0.1) is 11.3 Å². The molecular formula is C18H15N3O2S2. The molecule has 3 aromatic rings. The minimum absolute atomic E-state index is 0.0454. The molecule has 2 aromatic heterocycles. The molecule has 4 rings (SSSR count). The number of aromatic nitrogens is 1. The fraction of sp³-hybridized carbons (Fsp3) is 0.278. The highest BCUT2D eigenvalue weighted by Crippen LogP contribution is 2.37. The molecule has 25 heavy (non-hydrogen) atoms. The number of carbonyl (C=O) groups excluding carboxylic acids is 1. The summed E-state index contributed by atoms with van der Waals surface area (Å²) in [5, 5.41) is 12.9. The number of hydrogen-bond donors (Lipinski definition) is 1. The third kappa shape index (κ3) is 2.88. The number of benzene rings is 1. The number of hydrogen-bond acceptors (Lipinski definition) is 5. The summed E-state index contributed by atoms with van der Waals surface area (Å²) in [6.07, 6.45) is 4.09. The second kappa shape index (κ2) is 6.47. The van der Waals surface area contributed by atoms with Gasteiger partial charge in [-0.1, -0.05) is 23.5 Å². The fourth-order valence-electron chi connectivity index (χ4n) is 3.25. The normalized spacial score (nSPS) is 13.4. The van der Waals surface area contributed by atoms with E-state index in [0.717, 1.165) is 52.8 Å². The largest absolute Gasteiger partial charge is 0.315 e. The van der Waals surface area contributed by atoms with Crippen molar-refractivity contribution in [3.63, 3.8) is 0 Å².